The van der Waals surface area contributed by atoms with Crippen LogP contribution in [0.25, 0.3) is 11.2 Å². The quantitative estimate of drug-likeness (QED) is 0.284. The maximum atomic E-state index is 12.2. The fourth-order valence-electron chi connectivity index (χ4n) is 3.04. The molecule has 28 heavy (non-hydrogen) atoms. The number of ether oxygens (including phenoxy) is 1. The lowest BCUT2D eigenvalue weighted by atomic mass is 10.1. The number of rotatable bonds is 7. The summed E-state index contributed by atoms with van der Waals surface area (Å²) >= 11 is 0. The van der Waals surface area contributed by atoms with Crippen LogP contribution in [0.1, 0.15) is 19.1 Å². The number of carboxylic acids is 1. The Morgan fingerprint density at radius 1 is 1.36 bits per heavy atom. The number of carbonyl (C=O) groups excluding carboxylic acids is 1. The van der Waals surface area contributed by atoms with Gasteiger partial charge in [0.1, 0.15) is 24.1 Å². The highest BCUT2D eigenvalue weighted by molar-refractivity contribution is 5.83. The average molecular weight is 395 g/mol. The van der Waals surface area contributed by atoms with Gasteiger partial charge in [0.05, 0.1) is 25.0 Å². The van der Waals surface area contributed by atoms with Crippen LogP contribution in [0.4, 0.5) is 5.82 Å². The topological polar surface area (TPSA) is 212 Å². The summed E-state index contributed by atoms with van der Waals surface area (Å²) in [7, 11) is 0. The Kier molecular flexibility index (Phi) is 5.69. The summed E-state index contributed by atoms with van der Waals surface area (Å²) in [5.41, 5.74) is 12.1. The molecular weight excluding hydrogens is 374 g/mol. The zero-order valence-electron chi connectivity index (χ0n) is 14.7. The lowest BCUT2D eigenvalue weighted by Crippen LogP contribution is -2.53. The minimum absolute atomic E-state index is 0.0690. The number of carbonyl (C=O) groups is 2. The number of imidazole rings is 1. The van der Waals surface area contributed by atoms with Crippen LogP contribution in [0, 0.1) is 0 Å². The summed E-state index contributed by atoms with van der Waals surface area (Å²) in [6.07, 6.45) is -0.930. The highest BCUT2D eigenvalue weighted by Crippen LogP contribution is 2.31. The van der Waals surface area contributed by atoms with Crippen molar-refractivity contribution in [1.29, 1.82) is 0 Å². The molecule has 0 aromatic carbocycles. The molecule has 8 N–H and O–H groups in total. The number of amides is 1. The lowest BCUT2D eigenvalue weighted by Gasteiger charge is -2.22. The van der Waals surface area contributed by atoms with E-state index in [-0.39, 0.29) is 18.7 Å². The Balaban J connectivity index is 1.77. The number of aliphatic hydroxyl groups excluding tert-OH is 2. The van der Waals surface area contributed by atoms with Crippen LogP contribution in [0.5, 0.6) is 0 Å². The molecule has 1 fully saturated rings. The zero-order chi connectivity index (χ0) is 20.4. The third-order valence-electron chi connectivity index (χ3n) is 4.53. The van der Waals surface area contributed by atoms with Gasteiger partial charge in [0.2, 0.25) is 5.91 Å². The predicted molar refractivity (Wildman–Crippen MR) is 93.5 cm³/mol. The molecule has 0 aliphatic carbocycles. The molecule has 1 aliphatic rings. The molecule has 3 rings (SSSR count). The Bertz CT molecular complexity index is 874. The van der Waals surface area contributed by atoms with E-state index in [0.29, 0.717) is 11.2 Å². The van der Waals surface area contributed by atoms with E-state index in [1.807, 2.05) is 0 Å². The molecule has 2 aromatic rings. The first-order chi connectivity index (χ1) is 13.3. The monoisotopic (exact) mass is 395 g/mol. The van der Waals surface area contributed by atoms with E-state index in [4.69, 9.17) is 21.3 Å². The number of nitrogen functional groups attached to an aromatic ring is 1. The van der Waals surface area contributed by atoms with E-state index < -0.39 is 49.0 Å². The van der Waals surface area contributed by atoms with Gasteiger partial charge in [0.25, 0.3) is 0 Å². The van der Waals surface area contributed by atoms with Crippen molar-refractivity contribution in [3.8, 4) is 0 Å². The first kappa shape index (κ1) is 19.9. The number of fused-ring (bicyclic) bond motifs is 1. The van der Waals surface area contributed by atoms with Gasteiger partial charge < -0.3 is 36.8 Å². The first-order valence-electron chi connectivity index (χ1n) is 8.48. The zero-order valence-corrected chi connectivity index (χ0v) is 14.7. The average Bonchev–Trinajstić information content (AvgIpc) is 3.22. The summed E-state index contributed by atoms with van der Waals surface area (Å²) in [4.78, 5) is 34.9. The normalized spacial score (nSPS) is 25.7. The van der Waals surface area contributed by atoms with E-state index >= 15 is 0 Å². The van der Waals surface area contributed by atoms with E-state index in [0.717, 1.165) is 0 Å². The van der Waals surface area contributed by atoms with Crippen LogP contribution in [-0.4, -0.2) is 77.6 Å². The van der Waals surface area contributed by atoms with Crippen molar-refractivity contribution in [2.24, 2.45) is 5.73 Å². The molecule has 0 unspecified atom stereocenters. The van der Waals surface area contributed by atoms with Gasteiger partial charge in [0, 0.05) is 6.42 Å². The van der Waals surface area contributed by atoms with Crippen molar-refractivity contribution >= 4 is 28.9 Å². The highest BCUT2D eigenvalue weighted by Gasteiger charge is 2.46. The van der Waals surface area contributed by atoms with Crippen LogP contribution in [0.15, 0.2) is 12.7 Å². The van der Waals surface area contributed by atoms with Crippen LogP contribution in [0.2, 0.25) is 0 Å². The smallest absolute Gasteiger partial charge is 0.303 e. The minimum atomic E-state index is -1.26. The molecule has 152 valence electrons. The fourth-order valence-corrected chi connectivity index (χ4v) is 3.04. The van der Waals surface area contributed by atoms with E-state index in [9.17, 15) is 19.8 Å². The number of nitrogens with two attached hydrogens (primary N) is 2. The number of hydrogen-bond acceptors (Lipinski definition) is 10. The summed E-state index contributed by atoms with van der Waals surface area (Å²) in [5.74, 6) is -1.58. The summed E-state index contributed by atoms with van der Waals surface area (Å²) in [6.45, 7) is -0.480. The summed E-state index contributed by atoms with van der Waals surface area (Å²) in [6, 6.07) is -2.06. The third kappa shape index (κ3) is 3.73. The number of carboxylic acid groups (broad SMARTS) is 1. The van der Waals surface area contributed by atoms with Gasteiger partial charge in [-0.25, -0.2) is 15.0 Å². The van der Waals surface area contributed by atoms with Crippen LogP contribution >= 0.6 is 0 Å². The van der Waals surface area contributed by atoms with E-state index in [1.165, 1.54) is 17.2 Å². The number of aliphatic hydroxyl groups is 2. The van der Waals surface area contributed by atoms with Crippen LogP contribution < -0.4 is 16.8 Å². The van der Waals surface area contributed by atoms with Gasteiger partial charge in [-0.1, -0.05) is 0 Å². The maximum absolute atomic E-state index is 12.2. The van der Waals surface area contributed by atoms with Gasteiger partial charge in [0.15, 0.2) is 17.7 Å². The molecule has 13 nitrogen and oxygen atoms in total. The SMILES string of the molecule is Nc1ncnc2c1ncn2[C@@H]1O[C@@H](CO)[C@@H](NC(=O)[C@H](N)CCC(=O)O)[C@@H]1O. The van der Waals surface area contributed by atoms with Crippen molar-refractivity contribution in [2.75, 3.05) is 12.3 Å². The second-order valence-corrected chi connectivity index (χ2v) is 6.39. The molecular formula is C15H21N7O6. The fraction of sp³-hybridized carbons (Fsp3) is 0.533. The van der Waals surface area contributed by atoms with Gasteiger partial charge in [-0.15, -0.1) is 0 Å². The van der Waals surface area contributed by atoms with Gasteiger partial charge in [-0.05, 0) is 6.42 Å². The predicted octanol–water partition coefficient (Wildman–Crippen LogP) is -2.66. The lowest BCUT2D eigenvalue weighted by molar-refractivity contribution is -0.137. The van der Waals surface area contributed by atoms with Gasteiger partial charge in [-0.2, -0.15) is 0 Å². The Morgan fingerprint density at radius 2 is 2.11 bits per heavy atom. The molecule has 1 amide bonds. The second kappa shape index (κ2) is 8.02. The minimum Gasteiger partial charge on any atom is -0.481 e. The molecule has 0 saturated carbocycles. The molecule has 0 radical (unpaired) electrons. The number of aromatic nitrogens is 4. The molecule has 3 heterocycles. The van der Waals surface area contributed by atoms with Crippen LogP contribution in [-0.2, 0) is 14.3 Å². The second-order valence-electron chi connectivity index (χ2n) is 6.39. The number of nitrogens with zero attached hydrogens (tertiary/aromatic N) is 4. The Morgan fingerprint density at radius 3 is 2.79 bits per heavy atom. The maximum Gasteiger partial charge on any atom is 0.303 e. The number of nitrogens with one attached hydrogen (secondary N) is 1. The van der Waals surface area contributed by atoms with Crippen molar-refractivity contribution in [2.45, 2.75) is 43.4 Å². The van der Waals surface area contributed by atoms with Gasteiger partial charge in [-0.3, -0.25) is 14.2 Å². The summed E-state index contributed by atoms with van der Waals surface area (Å²) in [5, 5.41) is 31.5. The van der Waals surface area contributed by atoms with E-state index in [2.05, 4.69) is 20.3 Å². The van der Waals surface area contributed by atoms with Crippen molar-refractivity contribution < 1.29 is 29.6 Å². The Hall–Kier alpha value is -2.87. The molecule has 13 heteroatoms. The van der Waals surface area contributed by atoms with Crippen molar-refractivity contribution in [3.05, 3.63) is 12.7 Å². The molecule has 0 spiro atoms. The first-order valence-corrected chi connectivity index (χ1v) is 8.48. The molecule has 5 atom stereocenters. The summed E-state index contributed by atoms with van der Waals surface area (Å²) < 4.78 is 7.11. The molecule has 1 aliphatic heterocycles. The van der Waals surface area contributed by atoms with Crippen molar-refractivity contribution in [1.82, 2.24) is 24.8 Å². The molecule has 0 bridgehead atoms. The number of aliphatic carboxylic acids is 1. The number of hydrogen-bond donors (Lipinski definition) is 6. The third-order valence-corrected chi connectivity index (χ3v) is 4.53. The molecule has 2 aromatic heterocycles. The highest BCUT2D eigenvalue weighted by atomic mass is 16.5. The molecule has 1 saturated heterocycles. The van der Waals surface area contributed by atoms with E-state index in [1.54, 1.807) is 0 Å². The number of anilines is 1. The standard InChI is InChI=1S/C15H21N7O6/c16-6(1-2-8(24)25)14(27)21-9-7(3-23)28-15(11(9)26)22-5-20-10-12(17)18-4-19-13(10)22/h4-7,9,11,15,23,26H,1-3,16H2,(H,21,27)(H,24,25)(H2,17,18,19)/t6-,7+,9-,11+,15-/m1/s1. The largest absolute Gasteiger partial charge is 0.481 e. The van der Waals surface area contributed by atoms with Crippen molar-refractivity contribution in [3.63, 3.8) is 0 Å². The van der Waals surface area contributed by atoms with Gasteiger partial charge >= 0.3 is 5.97 Å². The van der Waals surface area contributed by atoms with Crippen LogP contribution in [0.3, 0.4) is 0 Å². The Labute approximate surface area is 158 Å².